The molecule has 1 aromatic heterocycles. The molecule has 0 saturated carbocycles. The summed E-state index contributed by atoms with van der Waals surface area (Å²) in [7, 11) is 0. The minimum atomic E-state index is -0.799. The summed E-state index contributed by atoms with van der Waals surface area (Å²) in [5.41, 5.74) is 3.25. The molecule has 1 unspecified atom stereocenters. The Kier molecular flexibility index (Phi) is 3.74. The zero-order valence-electron chi connectivity index (χ0n) is 11.3. The van der Waals surface area contributed by atoms with Gasteiger partial charge in [0.25, 0.3) is 0 Å². The molecule has 0 bridgehead atoms. The number of hydrogen-bond donors (Lipinski definition) is 1. The molecule has 106 valence electrons. The average molecular weight is 346 g/mol. The van der Waals surface area contributed by atoms with Crippen LogP contribution in [-0.4, -0.2) is 10.1 Å². The van der Waals surface area contributed by atoms with Crippen molar-refractivity contribution in [3.8, 4) is 0 Å². The van der Waals surface area contributed by atoms with Crippen molar-refractivity contribution >= 4 is 26.8 Å². The lowest BCUT2D eigenvalue weighted by atomic mass is 10.00. The molecule has 0 amide bonds. The Balaban J connectivity index is 2.02. The van der Waals surface area contributed by atoms with E-state index in [9.17, 15) is 9.50 Å². The van der Waals surface area contributed by atoms with Gasteiger partial charge in [-0.05, 0) is 64.3 Å². The van der Waals surface area contributed by atoms with Crippen LogP contribution < -0.4 is 0 Å². The normalized spacial score (nSPS) is 12.6. The van der Waals surface area contributed by atoms with E-state index in [4.69, 9.17) is 0 Å². The molecule has 0 radical (unpaired) electrons. The van der Waals surface area contributed by atoms with Gasteiger partial charge in [0.2, 0.25) is 0 Å². The van der Waals surface area contributed by atoms with Gasteiger partial charge in [-0.25, -0.2) is 4.39 Å². The minimum absolute atomic E-state index is 0.343. The van der Waals surface area contributed by atoms with Crippen molar-refractivity contribution in [1.82, 2.24) is 4.98 Å². The van der Waals surface area contributed by atoms with Gasteiger partial charge < -0.3 is 5.11 Å². The molecular weight excluding hydrogens is 333 g/mol. The lowest BCUT2D eigenvalue weighted by molar-refractivity contribution is 0.220. The highest BCUT2D eigenvalue weighted by atomic mass is 79.9. The summed E-state index contributed by atoms with van der Waals surface area (Å²) in [6.45, 7) is 1.94. The lowest BCUT2D eigenvalue weighted by Crippen LogP contribution is -2.00. The maximum Gasteiger partial charge on any atom is 0.137 e. The molecule has 3 rings (SSSR count). The van der Waals surface area contributed by atoms with Crippen molar-refractivity contribution in [1.29, 1.82) is 0 Å². The van der Waals surface area contributed by atoms with Gasteiger partial charge in [-0.3, -0.25) is 4.98 Å². The molecule has 3 aromatic rings. The van der Waals surface area contributed by atoms with Crippen molar-refractivity contribution < 1.29 is 9.50 Å². The first-order valence-electron chi connectivity index (χ1n) is 6.55. The van der Waals surface area contributed by atoms with Gasteiger partial charge in [-0.1, -0.05) is 18.2 Å². The summed E-state index contributed by atoms with van der Waals surface area (Å²) in [5, 5.41) is 11.4. The Morgan fingerprint density at radius 3 is 2.52 bits per heavy atom. The number of halogens is 2. The number of pyridine rings is 1. The molecule has 1 N–H and O–H groups in total. The van der Waals surface area contributed by atoms with Crippen molar-refractivity contribution in [2.75, 3.05) is 0 Å². The van der Waals surface area contributed by atoms with E-state index in [0.717, 1.165) is 22.2 Å². The molecule has 1 heterocycles. The molecule has 2 nitrogen and oxygen atoms in total. The van der Waals surface area contributed by atoms with Crippen LogP contribution in [0.3, 0.4) is 0 Å². The number of hydrogen-bond acceptors (Lipinski definition) is 2. The number of aromatic nitrogens is 1. The average Bonchev–Trinajstić information content (AvgIpc) is 2.49. The summed E-state index contributed by atoms with van der Waals surface area (Å²) in [6, 6.07) is 14.1. The first-order valence-corrected chi connectivity index (χ1v) is 7.34. The molecule has 4 heteroatoms. The van der Waals surface area contributed by atoms with Crippen LogP contribution >= 0.6 is 15.9 Å². The van der Waals surface area contributed by atoms with Gasteiger partial charge in [-0.2, -0.15) is 0 Å². The highest BCUT2D eigenvalue weighted by molar-refractivity contribution is 9.10. The maximum atomic E-state index is 13.3. The third-order valence-corrected chi connectivity index (χ3v) is 4.04. The molecule has 0 fully saturated rings. The lowest BCUT2D eigenvalue weighted by Gasteiger charge is -2.13. The van der Waals surface area contributed by atoms with Gasteiger partial charge in [0, 0.05) is 11.1 Å². The van der Waals surface area contributed by atoms with Gasteiger partial charge in [-0.15, -0.1) is 0 Å². The van der Waals surface area contributed by atoms with Crippen molar-refractivity contribution in [3.63, 3.8) is 0 Å². The van der Waals surface area contributed by atoms with Crippen molar-refractivity contribution in [3.05, 3.63) is 75.6 Å². The summed E-state index contributed by atoms with van der Waals surface area (Å²) < 4.78 is 13.6. The predicted octanol–water partition coefficient (Wildman–Crippen LogP) is 4.53. The topological polar surface area (TPSA) is 33.1 Å². The Hall–Kier alpha value is -1.78. The molecule has 0 aliphatic carbocycles. The Morgan fingerprint density at radius 1 is 1.05 bits per heavy atom. The van der Waals surface area contributed by atoms with Gasteiger partial charge in [0.1, 0.15) is 11.9 Å². The van der Waals surface area contributed by atoms with Crippen LogP contribution in [-0.2, 0) is 0 Å². The summed E-state index contributed by atoms with van der Waals surface area (Å²) in [5.74, 6) is -0.343. The second kappa shape index (κ2) is 5.54. The summed E-state index contributed by atoms with van der Waals surface area (Å²) in [6.07, 6.45) is -0.799. The highest BCUT2D eigenvalue weighted by Crippen LogP contribution is 2.27. The highest BCUT2D eigenvalue weighted by Gasteiger charge is 2.13. The third-order valence-electron chi connectivity index (χ3n) is 3.43. The molecule has 21 heavy (non-hydrogen) atoms. The Labute approximate surface area is 130 Å². The molecule has 2 aromatic carbocycles. The molecular formula is C17H13BrFNO. The van der Waals surface area contributed by atoms with Crippen LogP contribution in [0, 0.1) is 12.7 Å². The van der Waals surface area contributed by atoms with E-state index < -0.39 is 6.10 Å². The zero-order chi connectivity index (χ0) is 15.0. The fraction of sp³-hybridized carbons (Fsp3) is 0.118. The summed E-state index contributed by atoms with van der Waals surface area (Å²) >= 11 is 3.14. The van der Waals surface area contributed by atoms with Gasteiger partial charge in [0.15, 0.2) is 0 Å². The van der Waals surface area contributed by atoms with Gasteiger partial charge >= 0.3 is 0 Å². The van der Waals surface area contributed by atoms with E-state index in [-0.39, 0.29) is 5.82 Å². The second-order valence-corrected chi connectivity index (χ2v) is 5.84. The van der Waals surface area contributed by atoms with Crippen LogP contribution in [0.15, 0.2) is 53.0 Å². The van der Waals surface area contributed by atoms with E-state index in [2.05, 4.69) is 20.9 Å². The van der Waals surface area contributed by atoms with Crippen LogP contribution in [0.25, 0.3) is 10.9 Å². The SMILES string of the molecule is Cc1ccc2cc(C(O)c3ccc(F)c(Br)c3)ccc2n1. The number of aliphatic hydroxyl groups excluding tert-OH is 1. The summed E-state index contributed by atoms with van der Waals surface area (Å²) in [4.78, 5) is 4.44. The monoisotopic (exact) mass is 345 g/mol. The van der Waals surface area contributed by atoms with E-state index in [1.54, 1.807) is 12.1 Å². The Morgan fingerprint density at radius 2 is 1.76 bits per heavy atom. The van der Waals surface area contributed by atoms with Crippen LogP contribution in [0.4, 0.5) is 4.39 Å². The number of fused-ring (bicyclic) bond motifs is 1. The zero-order valence-corrected chi connectivity index (χ0v) is 12.9. The van der Waals surface area contributed by atoms with Crippen LogP contribution in [0.1, 0.15) is 22.9 Å². The molecule has 1 atom stereocenters. The Bertz CT molecular complexity index is 819. The number of benzene rings is 2. The quantitative estimate of drug-likeness (QED) is 0.740. The largest absolute Gasteiger partial charge is 0.384 e. The maximum absolute atomic E-state index is 13.3. The first kappa shape index (κ1) is 14.2. The van der Waals surface area contributed by atoms with Gasteiger partial charge in [0.05, 0.1) is 9.99 Å². The predicted molar refractivity (Wildman–Crippen MR) is 84.6 cm³/mol. The fourth-order valence-corrected chi connectivity index (χ4v) is 2.69. The number of aryl methyl sites for hydroxylation is 1. The third kappa shape index (κ3) is 2.82. The van der Waals surface area contributed by atoms with Crippen molar-refractivity contribution in [2.45, 2.75) is 13.0 Å². The van der Waals surface area contributed by atoms with Crippen LogP contribution in [0.5, 0.6) is 0 Å². The molecule has 0 aliphatic rings. The number of nitrogens with zero attached hydrogens (tertiary/aromatic N) is 1. The van der Waals surface area contributed by atoms with E-state index in [1.165, 1.54) is 6.07 Å². The van der Waals surface area contributed by atoms with E-state index in [1.807, 2.05) is 37.3 Å². The smallest absolute Gasteiger partial charge is 0.137 e. The van der Waals surface area contributed by atoms with Crippen LogP contribution in [0.2, 0.25) is 0 Å². The number of aliphatic hydroxyl groups is 1. The van der Waals surface area contributed by atoms with E-state index in [0.29, 0.717) is 10.0 Å². The second-order valence-electron chi connectivity index (χ2n) is 4.98. The molecule has 0 spiro atoms. The molecule has 0 aliphatic heterocycles. The standard InChI is InChI=1S/C17H13BrFNO/c1-10-2-3-11-8-12(5-7-16(11)20-10)17(21)13-4-6-15(19)14(18)9-13/h2-9,17,21H,1H3. The minimum Gasteiger partial charge on any atom is -0.384 e. The van der Waals surface area contributed by atoms with Crippen molar-refractivity contribution in [2.24, 2.45) is 0 Å². The first-order chi connectivity index (χ1) is 10.0. The molecule has 0 saturated heterocycles. The number of rotatable bonds is 2. The fourth-order valence-electron chi connectivity index (χ4n) is 2.29. The van der Waals surface area contributed by atoms with E-state index >= 15 is 0 Å².